The van der Waals surface area contributed by atoms with E-state index in [2.05, 4.69) is 60.7 Å². The van der Waals surface area contributed by atoms with E-state index >= 15 is 0 Å². The first-order valence-electron chi connectivity index (χ1n) is 7.62. The summed E-state index contributed by atoms with van der Waals surface area (Å²) in [4.78, 5) is -1.24. The van der Waals surface area contributed by atoms with Crippen LogP contribution in [0.5, 0.6) is 0 Å². The van der Waals surface area contributed by atoms with Crippen LogP contribution in [0.4, 0.5) is 13.2 Å². The zero-order valence-corrected chi connectivity index (χ0v) is 17.2. The molecule has 8 heteroatoms. The molecule has 0 saturated carbocycles. The number of hydrogen-bond donors (Lipinski definition) is 0. The third-order valence-corrected chi connectivity index (χ3v) is 7.30. The van der Waals surface area contributed by atoms with Crippen LogP contribution in [0, 0.1) is 0 Å². The van der Waals surface area contributed by atoms with Gasteiger partial charge in [-0.3, -0.25) is 0 Å². The van der Waals surface area contributed by atoms with E-state index in [1.54, 1.807) is 0 Å². The molecule has 0 spiro atoms. The SMILES string of the molecule is O=S(=O)([O-])c1ccccc1C(F)(F)F.c1cc[c]([Sb+][c]2ccccc2)cc1. The van der Waals surface area contributed by atoms with Crippen LogP contribution >= 0.6 is 0 Å². The fraction of sp³-hybridized carbons (Fsp3) is 0.0526. The molecule has 0 amide bonds. The number of benzene rings is 3. The Morgan fingerprint density at radius 3 is 1.48 bits per heavy atom. The third kappa shape index (κ3) is 7.01. The van der Waals surface area contributed by atoms with Gasteiger partial charge in [0.25, 0.3) is 0 Å². The van der Waals surface area contributed by atoms with Crippen molar-refractivity contribution in [1.29, 1.82) is 0 Å². The van der Waals surface area contributed by atoms with Gasteiger partial charge in [-0.15, -0.1) is 0 Å². The van der Waals surface area contributed by atoms with Gasteiger partial charge in [-0.05, 0) is 12.1 Å². The fourth-order valence-electron chi connectivity index (χ4n) is 2.07. The number of halogens is 3. The molecule has 140 valence electrons. The Bertz CT molecular complexity index is 923. The van der Waals surface area contributed by atoms with Crippen LogP contribution in [0.1, 0.15) is 5.56 Å². The first-order chi connectivity index (χ1) is 12.7. The van der Waals surface area contributed by atoms with Crippen molar-refractivity contribution in [2.75, 3.05) is 0 Å². The molecule has 3 aromatic rings. The van der Waals surface area contributed by atoms with Crippen molar-refractivity contribution < 1.29 is 26.1 Å². The summed E-state index contributed by atoms with van der Waals surface area (Å²) in [5.74, 6) is 0. The van der Waals surface area contributed by atoms with Crippen molar-refractivity contribution in [2.45, 2.75) is 11.1 Å². The normalized spacial score (nSPS) is 11.4. The Hall–Kier alpha value is -1.82. The first-order valence-corrected chi connectivity index (χ1v) is 11.6. The molecule has 3 nitrogen and oxygen atoms in total. The monoisotopic (exact) mass is 500 g/mol. The maximum absolute atomic E-state index is 12.2. The van der Waals surface area contributed by atoms with E-state index < -0.39 is 26.8 Å². The zero-order chi connectivity index (χ0) is 19.9. The van der Waals surface area contributed by atoms with E-state index in [-0.39, 0.29) is 21.6 Å². The summed E-state index contributed by atoms with van der Waals surface area (Å²) in [6.07, 6.45) is -4.84. The summed E-state index contributed by atoms with van der Waals surface area (Å²) in [6.45, 7) is 0. The molecule has 0 bridgehead atoms. The molecule has 0 aliphatic heterocycles. The quantitative estimate of drug-likeness (QED) is 0.410. The van der Waals surface area contributed by atoms with Gasteiger partial charge in [0.2, 0.25) is 0 Å². The number of hydrogen-bond acceptors (Lipinski definition) is 3. The Morgan fingerprint density at radius 1 is 0.704 bits per heavy atom. The maximum atomic E-state index is 12.2. The van der Waals surface area contributed by atoms with E-state index in [0.29, 0.717) is 12.1 Å². The van der Waals surface area contributed by atoms with Crippen molar-refractivity contribution in [2.24, 2.45) is 0 Å². The summed E-state index contributed by atoms with van der Waals surface area (Å²) in [5, 5.41) is 0. The first kappa shape index (κ1) is 21.5. The van der Waals surface area contributed by atoms with Gasteiger partial charge in [0.05, 0.1) is 10.5 Å². The molecule has 0 aromatic heterocycles. The van der Waals surface area contributed by atoms with Crippen molar-refractivity contribution >= 4 is 38.8 Å². The Balaban J connectivity index is 0.000000194. The fourth-order valence-corrected chi connectivity index (χ4v) is 5.46. The number of rotatable bonds is 3. The van der Waals surface area contributed by atoms with Crippen LogP contribution in [0.15, 0.2) is 89.8 Å². The van der Waals surface area contributed by atoms with E-state index in [1.807, 2.05) is 0 Å². The summed E-state index contributed by atoms with van der Waals surface area (Å²) >= 11 is -0.335. The zero-order valence-electron chi connectivity index (χ0n) is 13.8. The minimum absolute atomic E-state index is 0.335. The summed E-state index contributed by atoms with van der Waals surface area (Å²) < 4.78 is 70.9. The van der Waals surface area contributed by atoms with Crippen LogP contribution in [-0.4, -0.2) is 34.6 Å². The molecule has 0 aliphatic carbocycles. The van der Waals surface area contributed by atoms with Gasteiger partial charge >= 0.3 is 95.5 Å². The second-order valence-corrected chi connectivity index (χ2v) is 10.2. The Labute approximate surface area is 166 Å². The van der Waals surface area contributed by atoms with Gasteiger partial charge in [0.15, 0.2) is 0 Å². The van der Waals surface area contributed by atoms with E-state index in [4.69, 9.17) is 0 Å². The van der Waals surface area contributed by atoms with Gasteiger partial charge in [-0.25, -0.2) is 8.42 Å². The average Bonchev–Trinajstić information content (AvgIpc) is 2.63. The molecular formula is C19H14F3O3SSb. The Kier molecular flexibility index (Phi) is 7.48. The molecule has 0 atom stereocenters. The van der Waals surface area contributed by atoms with Crippen LogP contribution in [0.3, 0.4) is 0 Å². The molecule has 27 heavy (non-hydrogen) atoms. The van der Waals surface area contributed by atoms with E-state index in [1.165, 1.54) is 7.02 Å². The second kappa shape index (κ2) is 9.40. The van der Waals surface area contributed by atoms with Crippen molar-refractivity contribution in [3.63, 3.8) is 0 Å². The second-order valence-electron chi connectivity index (χ2n) is 5.23. The topological polar surface area (TPSA) is 57.2 Å². The molecule has 2 radical (unpaired) electrons. The molecule has 3 aromatic carbocycles. The van der Waals surface area contributed by atoms with Crippen molar-refractivity contribution in [3.05, 3.63) is 90.5 Å². The summed E-state index contributed by atoms with van der Waals surface area (Å²) in [6, 6.07) is 24.8. The van der Waals surface area contributed by atoms with Crippen LogP contribution in [-0.2, 0) is 16.3 Å². The van der Waals surface area contributed by atoms with Gasteiger partial charge in [-0.1, -0.05) is 12.1 Å². The van der Waals surface area contributed by atoms with Gasteiger partial charge in [0.1, 0.15) is 10.1 Å². The molecular weight excluding hydrogens is 487 g/mol. The van der Waals surface area contributed by atoms with E-state index in [0.717, 1.165) is 12.1 Å². The molecule has 0 unspecified atom stereocenters. The van der Waals surface area contributed by atoms with Gasteiger partial charge in [-0.2, -0.15) is 13.2 Å². The van der Waals surface area contributed by atoms with Gasteiger partial charge in [0, 0.05) is 0 Å². The van der Waals surface area contributed by atoms with Crippen LogP contribution in [0.25, 0.3) is 0 Å². The molecule has 0 N–H and O–H groups in total. The molecule has 0 fully saturated rings. The Morgan fingerprint density at radius 2 is 1.11 bits per heavy atom. The minimum atomic E-state index is -5.09. The van der Waals surface area contributed by atoms with Crippen molar-refractivity contribution in [1.82, 2.24) is 0 Å². The van der Waals surface area contributed by atoms with E-state index in [9.17, 15) is 26.1 Å². The number of alkyl halides is 3. The molecule has 0 saturated heterocycles. The van der Waals surface area contributed by atoms with Gasteiger partial charge < -0.3 is 4.55 Å². The standard InChI is InChI=1S/C7H5F3O3S.2C6H5.Sb/c8-7(9,10)5-3-1-2-4-6(5)14(11,12)13;2*1-2-4-6-5-3-1;/h1-4H,(H,11,12,13);2*1-5H;/q;;;+1/p-1. The van der Waals surface area contributed by atoms with Crippen LogP contribution < -0.4 is 7.02 Å². The van der Waals surface area contributed by atoms with Crippen LogP contribution in [0.2, 0.25) is 0 Å². The molecule has 0 aliphatic rings. The summed E-state index contributed by atoms with van der Waals surface area (Å²) in [7, 11) is -5.09. The average molecular weight is 501 g/mol. The predicted octanol–water partition coefficient (Wildman–Crippen LogP) is 2.95. The molecule has 0 heterocycles. The third-order valence-electron chi connectivity index (χ3n) is 3.23. The predicted molar refractivity (Wildman–Crippen MR) is 97.3 cm³/mol. The summed E-state index contributed by atoms with van der Waals surface area (Å²) in [5.41, 5.74) is -1.44. The molecule has 3 rings (SSSR count). The van der Waals surface area contributed by atoms with Crippen molar-refractivity contribution in [3.8, 4) is 0 Å².